The number of carbonyl (C=O) groups excluding carboxylic acids is 1. The molecule has 2 fully saturated rings. The van der Waals surface area contributed by atoms with Crippen molar-refractivity contribution in [1.82, 2.24) is 19.6 Å². The summed E-state index contributed by atoms with van der Waals surface area (Å²) in [4.78, 5) is 21.1. The van der Waals surface area contributed by atoms with Gasteiger partial charge in [-0.2, -0.15) is 13.2 Å². The van der Waals surface area contributed by atoms with E-state index in [9.17, 15) is 22.4 Å². The zero-order valence-corrected chi connectivity index (χ0v) is 21.3. The summed E-state index contributed by atoms with van der Waals surface area (Å²) in [7, 11) is 0. The number of halogens is 4. The van der Waals surface area contributed by atoms with Gasteiger partial charge < -0.3 is 9.80 Å². The molecule has 1 aliphatic carbocycles. The molecule has 2 unspecified atom stereocenters. The van der Waals surface area contributed by atoms with Crippen molar-refractivity contribution < 1.29 is 22.4 Å². The number of nitrogens with zero attached hydrogens (tertiary/aromatic N) is 4. The van der Waals surface area contributed by atoms with Crippen molar-refractivity contribution in [1.29, 1.82) is 0 Å². The van der Waals surface area contributed by atoms with Gasteiger partial charge in [-0.1, -0.05) is 18.2 Å². The predicted molar refractivity (Wildman–Crippen MR) is 134 cm³/mol. The molecule has 0 saturated carbocycles. The number of amides is 2. The third-order valence-electron chi connectivity index (χ3n) is 8.16. The summed E-state index contributed by atoms with van der Waals surface area (Å²) < 4.78 is 54.1. The van der Waals surface area contributed by atoms with Crippen LogP contribution in [-0.2, 0) is 6.18 Å². The zero-order chi connectivity index (χ0) is 26.3. The fourth-order valence-corrected chi connectivity index (χ4v) is 6.04. The van der Waals surface area contributed by atoms with Gasteiger partial charge in [0.05, 0.1) is 5.56 Å². The lowest BCUT2D eigenvalue weighted by Crippen LogP contribution is -2.49. The Balaban J connectivity index is 1.25. The van der Waals surface area contributed by atoms with Crippen LogP contribution in [0.2, 0.25) is 0 Å². The number of benzene rings is 2. The zero-order valence-electron chi connectivity index (χ0n) is 21.3. The van der Waals surface area contributed by atoms with Crippen molar-refractivity contribution in [3.05, 3.63) is 70.5 Å². The lowest BCUT2D eigenvalue weighted by atomic mass is 9.92. The van der Waals surface area contributed by atoms with Gasteiger partial charge in [-0.25, -0.2) is 9.18 Å². The van der Waals surface area contributed by atoms with Crippen LogP contribution in [0.15, 0.2) is 42.5 Å². The number of alkyl halides is 3. The Kier molecular flexibility index (Phi) is 7.20. The fraction of sp³-hybridized carbons (Fsp3) is 0.536. The van der Waals surface area contributed by atoms with Crippen LogP contribution in [0.1, 0.15) is 54.5 Å². The second kappa shape index (κ2) is 10.3. The van der Waals surface area contributed by atoms with Gasteiger partial charge >= 0.3 is 12.2 Å². The molecule has 2 atom stereocenters. The number of urea groups is 1. The van der Waals surface area contributed by atoms with Gasteiger partial charge in [0.1, 0.15) is 5.82 Å². The van der Waals surface area contributed by atoms with Gasteiger partial charge in [-0.05, 0) is 61.2 Å². The van der Waals surface area contributed by atoms with E-state index >= 15 is 0 Å². The number of hydrogen-bond donors (Lipinski definition) is 0. The van der Waals surface area contributed by atoms with E-state index in [2.05, 4.69) is 9.80 Å². The quantitative estimate of drug-likeness (QED) is 0.494. The molecule has 0 bridgehead atoms. The first-order chi connectivity index (χ1) is 17.6. The van der Waals surface area contributed by atoms with E-state index in [1.54, 1.807) is 18.2 Å². The second-order valence-electron chi connectivity index (χ2n) is 10.6. The molecule has 2 heterocycles. The molecule has 2 aromatic carbocycles. The Hall–Kier alpha value is -2.65. The van der Waals surface area contributed by atoms with Gasteiger partial charge in [0.25, 0.3) is 0 Å². The second-order valence-corrected chi connectivity index (χ2v) is 10.6. The lowest BCUT2D eigenvalue weighted by Gasteiger charge is -2.39. The summed E-state index contributed by atoms with van der Waals surface area (Å²) in [5.41, 5.74) is 1.83. The number of fused-ring (bicyclic) bond motifs is 1. The molecule has 200 valence electrons. The van der Waals surface area contributed by atoms with Gasteiger partial charge in [0.15, 0.2) is 0 Å². The fourth-order valence-electron chi connectivity index (χ4n) is 6.04. The molecule has 2 amide bonds. The van der Waals surface area contributed by atoms with Crippen LogP contribution in [-0.4, -0.2) is 84.0 Å². The maximum atomic E-state index is 13.5. The summed E-state index contributed by atoms with van der Waals surface area (Å²) in [6.07, 6.45) is -3.73. The molecule has 0 aromatic heterocycles. The molecule has 9 heteroatoms. The van der Waals surface area contributed by atoms with Crippen molar-refractivity contribution >= 4 is 6.03 Å². The van der Waals surface area contributed by atoms with Crippen LogP contribution < -0.4 is 0 Å². The van der Waals surface area contributed by atoms with Crippen LogP contribution in [0.3, 0.4) is 0 Å². The highest BCUT2D eigenvalue weighted by atomic mass is 19.4. The smallest absolute Gasteiger partial charge is 0.322 e. The van der Waals surface area contributed by atoms with Crippen LogP contribution in [0.25, 0.3) is 0 Å². The monoisotopic (exact) mass is 518 g/mol. The summed E-state index contributed by atoms with van der Waals surface area (Å²) in [6, 6.07) is 10.6. The third-order valence-corrected chi connectivity index (χ3v) is 8.16. The summed E-state index contributed by atoms with van der Waals surface area (Å²) in [5.74, 6) is -0.558. The molecule has 0 radical (unpaired) electrons. The first kappa shape index (κ1) is 26.0. The van der Waals surface area contributed by atoms with Crippen molar-refractivity contribution in [2.45, 2.75) is 44.4 Å². The molecule has 2 aromatic rings. The number of carbonyl (C=O) groups is 1. The molecule has 3 aliphatic rings. The Bertz CT molecular complexity index is 1110. The van der Waals surface area contributed by atoms with Crippen molar-refractivity contribution in [3.8, 4) is 0 Å². The topological polar surface area (TPSA) is 30.0 Å². The first-order valence-electron chi connectivity index (χ1n) is 13.1. The van der Waals surface area contributed by atoms with E-state index in [4.69, 9.17) is 0 Å². The van der Waals surface area contributed by atoms with Crippen LogP contribution in [0, 0.1) is 5.82 Å². The van der Waals surface area contributed by atoms with Crippen LogP contribution in [0.5, 0.6) is 0 Å². The normalized spacial score (nSPS) is 23.4. The Morgan fingerprint density at radius 1 is 0.892 bits per heavy atom. The largest absolute Gasteiger partial charge is 0.416 e. The number of piperazine rings is 1. The highest BCUT2D eigenvalue weighted by Gasteiger charge is 2.39. The standard InChI is InChI=1S/C28H34F4N4O/c1-19(2)36-16-15-35(27(36)37)14-11-33-9-12-34(13-10-33)26-18-24(20-3-6-22(29)7-4-20)25-17-21(28(30,31)32)5-8-23(25)26/h3-8,17,19,24,26H,9-16,18H2,1-2H3. The summed E-state index contributed by atoms with van der Waals surface area (Å²) in [5, 5.41) is 0. The molecule has 5 rings (SSSR count). The molecule has 2 saturated heterocycles. The van der Waals surface area contributed by atoms with E-state index in [1.165, 1.54) is 24.3 Å². The average molecular weight is 519 g/mol. The van der Waals surface area contributed by atoms with Gasteiger partial charge in [0, 0.05) is 70.4 Å². The van der Waals surface area contributed by atoms with E-state index < -0.39 is 11.7 Å². The van der Waals surface area contributed by atoms with Gasteiger partial charge in [-0.3, -0.25) is 9.80 Å². The Morgan fingerprint density at radius 2 is 1.59 bits per heavy atom. The maximum Gasteiger partial charge on any atom is 0.416 e. The lowest BCUT2D eigenvalue weighted by molar-refractivity contribution is -0.137. The van der Waals surface area contributed by atoms with Gasteiger partial charge in [-0.15, -0.1) is 0 Å². The van der Waals surface area contributed by atoms with Gasteiger partial charge in [0.2, 0.25) is 0 Å². The van der Waals surface area contributed by atoms with Crippen molar-refractivity contribution in [2.24, 2.45) is 0 Å². The van der Waals surface area contributed by atoms with Crippen LogP contribution >= 0.6 is 0 Å². The van der Waals surface area contributed by atoms with E-state index in [-0.39, 0.29) is 29.8 Å². The third kappa shape index (κ3) is 5.34. The average Bonchev–Trinajstić information content (AvgIpc) is 3.43. The molecular formula is C28H34F4N4O. The molecule has 0 spiro atoms. The predicted octanol–water partition coefficient (Wildman–Crippen LogP) is 5.18. The Morgan fingerprint density at radius 3 is 2.22 bits per heavy atom. The van der Waals surface area contributed by atoms with E-state index in [0.717, 1.165) is 56.9 Å². The minimum Gasteiger partial charge on any atom is -0.322 e. The van der Waals surface area contributed by atoms with Crippen LogP contribution in [0.4, 0.5) is 22.4 Å². The Labute approximate surface area is 215 Å². The maximum absolute atomic E-state index is 13.5. The highest BCUT2D eigenvalue weighted by molar-refractivity contribution is 5.76. The van der Waals surface area contributed by atoms with Crippen molar-refractivity contribution in [3.63, 3.8) is 0 Å². The molecule has 5 nitrogen and oxygen atoms in total. The molecule has 2 aliphatic heterocycles. The van der Waals surface area contributed by atoms with E-state index in [0.29, 0.717) is 18.5 Å². The number of rotatable bonds is 6. The molecule has 0 N–H and O–H groups in total. The summed E-state index contributed by atoms with van der Waals surface area (Å²) in [6.45, 7) is 10.5. The van der Waals surface area contributed by atoms with E-state index in [1.807, 2.05) is 23.6 Å². The van der Waals surface area contributed by atoms with Crippen molar-refractivity contribution in [2.75, 3.05) is 52.4 Å². The SMILES string of the molecule is CC(C)N1CCN(CCN2CCN(C3CC(c4ccc(F)cc4)c4cc(C(F)(F)F)ccc43)CC2)C1=O. The molecule has 37 heavy (non-hydrogen) atoms. The molecular weight excluding hydrogens is 484 g/mol. The minimum atomic E-state index is -4.41. The number of hydrogen-bond acceptors (Lipinski definition) is 3. The highest BCUT2D eigenvalue weighted by Crippen LogP contribution is 2.48. The summed E-state index contributed by atoms with van der Waals surface area (Å²) >= 11 is 0. The minimum absolute atomic E-state index is 0.0225. The first-order valence-corrected chi connectivity index (χ1v) is 13.1.